The fourth-order valence-corrected chi connectivity index (χ4v) is 6.54. The first-order valence-electron chi connectivity index (χ1n) is 12.7. The summed E-state index contributed by atoms with van der Waals surface area (Å²) < 4.78 is 21.2. The number of hydrogen-bond acceptors (Lipinski definition) is 6. The summed E-state index contributed by atoms with van der Waals surface area (Å²) in [5, 5.41) is 10.5. The lowest BCUT2D eigenvalue weighted by atomic mass is 9.74. The zero-order valence-electron chi connectivity index (χ0n) is 20.4. The Kier molecular flexibility index (Phi) is 5.78. The van der Waals surface area contributed by atoms with E-state index in [1.807, 2.05) is 0 Å². The van der Waals surface area contributed by atoms with Crippen LogP contribution in [-0.4, -0.2) is 76.1 Å². The average Bonchev–Trinajstić information content (AvgIpc) is 3.27. The Morgan fingerprint density at radius 3 is 2.70 bits per heavy atom. The third-order valence-electron chi connectivity index (χ3n) is 8.30. The molecule has 3 aliphatic heterocycles. The Balaban J connectivity index is 1.52. The maximum atomic E-state index is 15.0. The van der Waals surface area contributed by atoms with Crippen molar-refractivity contribution in [2.24, 2.45) is 0 Å². The number of amides is 2. The summed E-state index contributed by atoms with van der Waals surface area (Å²) in [6.07, 6.45) is 6.30. The van der Waals surface area contributed by atoms with Crippen LogP contribution in [0.5, 0.6) is 11.5 Å². The van der Waals surface area contributed by atoms with Crippen LogP contribution >= 0.6 is 11.6 Å². The number of fused-ring (bicyclic) bond motifs is 2. The molecule has 1 aromatic heterocycles. The van der Waals surface area contributed by atoms with Gasteiger partial charge in [-0.05, 0) is 50.3 Å². The molecule has 3 fully saturated rings. The highest BCUT2D eigenvalue weighted by Crippen LogP contribution is 2.52. The second-order valence-corrected chi connectivity index (χ2v) is 10.6. The van der Waals surface area contributed by atoms with Gasteiger partial charge in [0, 0.05) is 31.7 Å². The van der Waals surface area contributed by atoms with Crippen molar-refractivity contribution in [3.05, 3.63) is 47.3 Å². The molecule has 4 heterocycles. The van der Waals surface area contributed by atoms with E-state index in [-0.39, 0.29) is 63.3 Å². The number of aromatic hydroxyl groups is 1. The molecule has 37 heavy (non-hydrogen) atoms. The van der Waals surface area contributed by atoms with E-state index < -0.39 is 5.82 Å². The largest absolute Gasteiger partial charge is 0.507 e. The summed E-state index contributed by atoms with van der Waals surface area (Å²) in [5.41, 5.74) is 0.0935. The molecule has 1 N–H and O–H groups in total. The van der Waals surface area contributed by atoms with Gasteiger partial charge < -0.3 is 24.5 Å². The van der Waals surface area contributed by atoms with E-state index >= 15 is 4.39 Å². The zero-order valence-corrected chi connectivity index (χ0v) is 21.1. The van der Waals surface area contributed by atoms with Crippen molar-refractivity contribution in [2.75, 3.05) is 37.7 Å². The van der Waals surface area contributed by atoms with E-state index in [0.717, 1.165) is 32.1 Å². The highest BCUT2D eigenvalue weighted by Gasteiger charge is 2.49. The summed E-state index contributed by atoms with van der Waals surface area (Å²) in [5.74, 6) is -0.864. The number of hydrogen-bond donors (Lipinski definition) is 1. The van der Waals surface area contributed by atoms with Crippen molar-refractivity contribution < 1.29 is 23.8 Å². The lowest BCUT2D eigenvalue weighted by molar-refractivity contribution is -0.128. The molecule has 4 aliphatic rings. The molecule has 2 amide bonds. The van der Waals surface area contributed by atoms with Crippen molar-refractivity contribution in [1.29, 1.82) is 0 Å². The first kappa shape index (κ1) is 24.0. The van der Waals surface area contributed by atoms with Crippen LogP contribution in [0, 0.1) is 5.82 Å². The normalized spacial score (nSPS) is 22.2. The number of piperazine rings is 1. The van der Waals surface area contributed by atoms with Crippen molar-refractivity contribution >= 4 is 29.2 Å². The van der Waals surface area contributed by atoms with Gasteiger partial charge in [0.2, 0.25) is 5.91 Å². The molecule has 0 radical (unpaired) electrons. The van der Waals surface area contributed by atoms with Crippen LogP contribution in [0.15, 0.2) is 30.9 Å². The molecule has 194 valence electrons. The minimum absolute atomic E-state index is 0.0202. The van der Waals surface area contributed by atoms with Gasteiger partial charge in [0.25, 0.3) is 5.91 Å². The minimum atomic E-state index is -0.670. The lowest BCUT2D eigenvalue weighted by Crippen LogP contribution is -2.57. The minimum Gasteiger partial charge on any atom is -0.507 e. The molecule has 1 spiro atoms. The Labute approximate surface area is 219 Å². The maximum absolute atomic E-state index is 15.0. The molecule has 8 nitrogen and oxygen atoms in total. The lowest BCUT2D eigenvalue weighted by Gasteiger charge is -2.47. The van der Waals surface area contributed by atoms with E-state index in [2.05, 4.69) is 11.5 Å². The van der Waals surface area contributed by atoms with Gasteiger partial charge in [0.1, 0.15) is 40.3 Å². The number of rotatable bonds is 3. The molecule has 1 saturated carbocycles. The highest BCUT2D eigenvalue weighted by molar-refractivity contribution is 6.35. The Morgan fingerprint density at radius 2 is 2.00 bits per heavy atom. The summed E-state index contributed by atoms with van der Waals surface area (Å²) in [6, 6.07) is 3.63. The summed E-state index contributed by atoms with van der Waals surface area (Å²) in [7, 11) is 0. The smallest absolute Gasteiger partial charge is 0.261 e. The van der Waals surface area contributed by atoms with Crippen LogP contribution in [0.1, 0.15) is 42.5 Å². The number of nitrogens with zero attached hydrogens (tertiary/aromatic N) is 4. The number of aromatic nitrogens is 1. The maximum Gasteiger partial charge on any atom is 0.261 e. The Bertz CT molecular complexity index is 1290. The number of carbonyl (C=O) groups is 2. The molecular weight excluding hydrogens is 499 g/mol. The average molecular weight is 527 g/mol. The van der Waals surface area contributed by atoms with Gasteiger partial charge in [-0.1, -0.05) is 24.2 Å². The first-order valence-corrected chi connectivity index (χ1v) is 13.1. The fraction of sp³-hybridized carbons (Fsp3) is 0.444. The third-order valence-corrected chi connectivity index (χ3v) is 8.65. The van der Waals surface area contributed by atoms with E-state index in [1.165, 1.54) is 24.3 Å². The Morgan fingerprint density at radius 1 is 1.22 bits per heavy atom. The highest BCUT2D eigenvalue weighted by atomic mass is 35.5. The van der Waals surface area contributed by atoms with E-state index in [4.69, 9.17) is 21.3 Å². The topological polar surface area (TPSA) is 86.2 Å². The van der Waals surface area contributed by atoms with Crippen LogP contribution in [0.2, 0.25) is 5.02 Å². The second-order valence-electron chi connectivity index (χ2n) is 10.2. The molecule has 1 aliphatic carbocycles. The molecule has 10 heteroatoms. The quantitative estimate of drug-likeness (QED) is 0.608. The fourth-order valence-electron chi connectivity index (χ4n) is 6.26. The van der Waals surface area contributed by atoms with Crippen molar-refractivity contribution in [3.63, 3.8) is 0 Å². The number of pyridine rings is 1. The summed E-state index contributed by atoms with van der Waals surface area (Å²) in [6.45, 7) is 5.41. The molecule has 2 aromatic rings. The monoisotopic (exact) mass is 526 g/mol. The predicted octanol–water partition coefficient (Wildman–Crippen LogP) is 4.00. The van der Waals surface area contributed by atoms with Gasteiger partial charge in [-0.15, -0.1) is 0 Å². The zero-order chi connectivity index (χ0) is 25.9. The van der Waals surface area contributed by atoms with Gasteiger partial charge in [-0.2, -0.15) is 0 Å². The van der Waals surface area contributed by atoms with Crippen LogP contribution in [-0.2, 0) is 4.79 Å². The second kappa shape index (κ2) is 8.90. The van der Waals surface area contributed by atoms with Gasteiger partial charge in [0.05, 0.1) is 11.6 Å². The summed E-state index contributed by atoms with van der Waals surface area (Å²) in [4.78, 5) is 36.7. The molecule has 2 saturated heterocycles. The number of ether oxygens (including phenoxy) is 1. The van der Waals surface area contributed by atoms with Crippen LogP contribution in [0.4, 0.5) is 10.2 Å². The van der Waals surface area contributed by atoms with Crippen LogP contribution in [0.25, 0.3) is 11.3 Å². The van der Waals surface area contributed by atoms with Gasteiger partial charge in [0.15, 0.2) is 5.75 Å². The van der Waals surface area contributed by atoms with E-state index in [0.29, 0.717) is 32.0 Å². The molecule has 1 atom stereocenters. The van der Waals surface area contributed by atoms with Gasteiger partial charge in [-0.3, -0.25) is 9.59 Å². The number of phenols is 1. The molecule has 1 unspecified atom stereocenters. The number of halogens is 2. The number of phenolic OH excluding ortho intramolecular Hbond substituents is 1. The van der Waals surface area contributed by atoms with Crippen molar-refractivity contribution in [2.45, 2.75) is 43.7 Å². The van der Waals surface area contributed by atoms with Crippen molar-refractivity contribution in [1.82, 2.24) is 14.8 Å². The number of carbonyl (C=O) groups excluding carboxylic acids is 2. The van der Waals surface area contributed by atoms with E-state index in [1.54, 1.807) is 9.80 Å². The first-order chi connectivity index (χ1) is 17.8. The molecule has 6 rings (SSSR count). The van der Waals surface area contributed by atoms with Crippen molar-refractivity contribution in [3.8, 4) is 22.8 Å². The Hall–Kier alpha value is -3.33. The number of benzene rings is 1. The molecule has 0 bridgehead atoms. The SMILES string of the molecule is C=CC(=O)N1CCN2C(=O)c3c(N4CCCC45CCC5)nc(-c4c(O)cccc4F)c(Cl)c3OCC2C1. The van der Waals surface area contributed by atoms with E-state index in [9.17, 15) is 14.7 Å². The number of anilines is 1. The standard InChI is InChI=1S/C27H28ClFN4O4/c1-2-19(35)31-12-13-32-16(14-31)15-37-24-21(26(32)36)25(33-11-5-10-27(33)8-4-9-27)30-23(22(24)28)20-17(29)6-3-7-18(20)34/h2-3,6-7,16,34H,1,4-5,8-15H2. The predicted molar refractivity (Wildman–Crippen MR) is 137 cm³/mol. The molecule has 1 aromatic carbocycles. The van der Waals surface area contributed by atoms with Crippen LogP contribution < -0.4 is 9.64 Å². The third kappa shape index (κ3) is 3.66. The summed E-state index contributed by atoms with van der Waals surface area (Å²) >= 11 is 6.81. The van der Waals surface area contributed by atoms with Gasteiger partial charge >= 0.3 is 0 Å². The van der Waals surface area contributed by atoms with Crippen LogP contribution in [0.3, 0.4) is 0 Å². The van der Waals surface area contributed by atoms with Gasteiger partial charge in [-0.25, -0.2) is 9.37 Å². The molecular formula is C27H28ClFN4O4.